The van der Waals surface area contributed by atoms with E-state index in [-0.39, 0.29) is 11.2 Å². The molecule has 1 unspecified atom stereocenters. The molecule has 7 nitrogen and oxygen atoms in total. The number of ether oxygens (including phenoxy) is 1. The summed E-state index contributed by atoms with van der Waals surface area (Å²) in [5.74, 6) is 0.540. The van der Waals surface area contributed by atoms with E-state index >= 15 is 0 Å². The Labute approximate surface area is 155 Å². The van der Waals surface area contributed by atoms with Gasteiger partial charge in [0.25, 0.3) is 0 Å². The maximum absolute atomic E-state index is 12.4. The number of aryl methyl sites for hydroxylation is 1. The molecule has 134 valence electrons. The molecule has 1 heterocycles. The van der Waals surface area contributed by atoms with Crippen molar-refractivity contribution < 1.29 is 9.53 Å². The Morgan fingerprint density at radius 2 is 2.00 bits per heavy atom. The highest BCUT2D eigenvalue weighted by molar-refractivity contribution is 8.00. The molecule has 8 heteroatoms. The minimum Gasteiger partial charge on any atom is -0.494 e. The SMILES string of the molecule is COc1ccc(C)cc1-n1nnnc1SC(C)C(=O)Nc1ccccc1. The number of nitrogens with zero attached hydrogens (tertiary/aromatic N) is 4. The molecule has 26 heavy (non-hydrogen) atoms. The highest BCUT2D eigenvalue weighted by atomic mass is 32.2. The van der Waals surface area contributed by atoms with Crippen LogP contribution < -0.4 is 10.1 Å². The normalized spacial score (nSPS) is 11.8. The first-order valence-corrected chi connectivity index (χ1v) is 8.92. The Bertz CT molecular complexity index is 898. The van der Waals surface area contributed by atoms with Gasteiger partial charge in [-0.15, -0.1) is 5.10 Å². The van der Waals surface area contributed by atoms with Gasteiger partial charge in [-0.1, -0.05) is 36.0 Å². The lowest BCUT2D eigenvalue weighted by Crippen LogP contribution is -2.22. The second-order valence-electron chi connectivity index (χ2n) is 5.66. The monoisotopic (exact) mass is 369 g/mol. The first kappa shape index (κ1) is 17.9. The molecule has 0 saturated heterocycles. The summed E-state index contributed by atoms with van der Waals surface area (Å²) in [4.78, 5) is 12.4. The molecule has 3 aromatic rings. The number of tetrazole rings is 1. The molecule has 0 aliphatic heterocycles. The van der Waals surface area contributed by atoms with E-state index in [1.807, 2.05) is 62.4 Å². The first-order chi connectivity index (χ1) is 12.6. The van der Waals surface area contributed by atoms with Crippen LogP contribution in [0, 0.1) is 6.92 Å². The molecule has 2 aromatic carbocycles. The zero-order chi connectivity index (χ0) is 18.5. The van der Waals surface area contributed by atoms with E-state index in [2.05, 4.69) is 20.8 Å². The molecule has 1 amide bonds. The van der Waals surface area contributed by atoms with E-state index in [0.717, 1.165) is 16.9 Å². The van der Waals surface area contributed by atoms with Gasteiger partial charge in [-0.25, -0.2) is 0 Å². The third-order valence-electron chi connectivity index (χ3n) is 3.70. The molecule has 1 aromatic heterocycles. The largest absolute Gasteiger partial charge is 0.494 e. The number of carbonyl (C=O) groups is 1. The average molecular weight is 369 g/mol. The number of hydrogen-bond donors (Lipinski definition) is 1. The molecule has 0 fully saturated rings. The summed E-state index contributed by atoms with van der Waals surface area (Å²) < 4.78 is 6.99. The van der Waals surface area contributed by atoms with Gasteiger partial charge in [0.05, 0.1) is 12.4 Å². The quantitative estimate of drug-likeness (QED) is 0.673. The molecule has 0 saturated carbocycles. The van der Waals surface area contributed by atoms with E-state index in [0.29, 0.717) is 10.9 Å². The zero-order valence-electron chi connectivity index (χ0n) is 14.7. The highest BCUT2D eigenvalue weighted by Crippen LogP contribution is 2.29. The Hall–Kier alpha value is -2.87. The highest BCUT2D eigenvalue weighted by Gasteiger charge is 2.20. The van der Waals surface area contributed by atoms with Gasteiger partial charge in [-0.3, -0.25) is 4.79 Å². The number of methoxy groups -OCH3 is 1. The maximum atomic E-state index is 12.4. The number of carbonyl (C=O) groups excluding carboxylic acids is 1. The molecule has 1 N–H and O–H groups in total. The van der Waals surface area contributed by atoms with Crippen molar-refractivity contribution in [2.24, 2.45) is 0 Å². The minimum atomic E-state index is -0.379. The number of aromatic nitrogens is 4. The van der Waals surface area contributed by atoms with Crippen LogP contribution in [0.4, 0.5) is 5.69 Å². The topological polar surface area (TPSA) is 81.9 Å². The summed E-state index contributed by atoms with van der Waals surface area (Å²) in [6.07, 6.45) is 0. The summed E-state index contributed by atoms with van der Waals surface area (Å²) in [5.41, 5.74) is 2.54. The Kier molecular flexibility index (Phi) is 5.52. The van der Waals surface area contributed by atoms with Crippen LogP contribution in [0.2, 0.25) is 0 Å². The molecular weight excluding hydrogens is 350 g/mol. The number of nitrogens with one attached hydrogen (secondary N) is 1. The van der Waals surface area contributed by atoms with Crippen molar-refractivity contribution >= 4 is 23.4 Å². The van der Waals surface area contributed by atoms with Crippen LogP contribution in [0.3, 0.4) is 0 Å². The second-order valence-corrected chi connectivity index (χ2v) is 6.97. The lowest BCUT2D eigenvalue weighted by molar-refractivity contribution is -0.115. The van der Waals surface area contributed by atoms with Gasteiger partial charge in [-0.2, -0.15) is 4.68 Å². The van der Waals surface area contributed by atoms with Gasteiger partial charge in [0.15, 0.2) is 0 Å². The minimum absolute atomic E-state index is 0.119. The fraction of sp³-hybridized carbons (Fsp3) is 0.222. The van der Waals surface area contributed by atoms with Crippen molar-refractivity contribution in [1.29, 1.82) is 0 Å². The third kappa shape index (κ3) is 4.02. The van der Waals surface area contributed by atoms with Crippen molar-refractivity contribution in [2.45, 2.75) is 24.3 Å². The van der Waals surface area contributed by atoms with E-state index < -0.39 is 0 Å². The number of anilines is 1. The summed E-state index contributed by atoms with van der Waals surface area (Å²) in [6.45, 7) is 3.80. The van der Waals surface area contributed by atoms with Crippen molar-refractivity contribution in [3.63, 3.8) is 0 Å². The molecule has 0 radical (unpaired) electrons. The number of hydrogen-bond acceptors (Lipinski definition) is 6. The van der Waals surface area contributed by atoms with Gasteiger partial charge in [-0.05, 0) is 54.1 Å². The second kappa shape index (κ2) is 8.01. The summed E-state index contributed by atoms with van der Waals surface area (Å²) >= 11 is 1.28. The first-order valence-electron chi connectivity index (χ1n) is 8.04. The predicted molar refractivity (Wildman–Crippen MR) is 101 cm³/mol. The maximum Gasteiger partial charge on any atom is 0.237 e. The third-order valence-corrected chi connectivity index (χ3v) is 4.73. The van der Waals surface area contributed by atoms with Crippen molar-refractivity contribution in [3.8, 4) is 11.4 Å². The van der Waals surface area contributed by atoms with E-state index in [9.17, 15) is 4.79 Å². The van der Waals surface area contributed by atoms with E-state index in [4.69, 9.17) is 4.74 Å². The standard InChI is InChI=1S/C18H19N5O2S/c1-12-9-10-16(25-3)15(11-12)23-18(20-21-22-23)26-13(2)17(24)19-14-7-5-4-6-8-14/h4-11,13H,1-3H3,(H,19,24). The van der Waals surface area contributed by atoms with Gasteiger partial charge in [0, 0.05) is 5.69 Å². The molecule has 0 bridgehead atoms. The molecular formula is C18H19N5O2S. The number of para-hydroxylation sites is 1. The summed E-state index contributed by atoms with van der Waals surface area (Å²) in [6, 6.07) is 15.1. The van der Waals surface area contributed by atoms with Gasteiger partial charge < -0.3 is 10.1 Å². The van der Waals surface area contributed by atoms with Gasteiger partial charge in [0.1, 0.15) is 11.4 Å². The summed E-state index contributed by atoms with van der Waals surface area (Å²) in [5, 5.41) is 14.9. The molecule has 0 aliphatic rings. The lowest BCUT2D eigenvalue weighted by atomic mass is 10.2. The molecule has 0 aliphatic carbocycles. The van der Waals surface area contributed by atoms with E-state index in [1.165, 1.54) is 11.8 Å². The zero-order valence-corrected chi connectivity index (χ0v) is 15.5. The van der Waals surface area contributed by atoms with Crippen LogP contribution >= 0.6 is 11.8 Å². The Morgan fingerprint density at radius 1 is 1.23 bits per heavy atom. The summed E-state index contributed by atoms with van der Waals surface area (Å²) in [7, 11) is 1.60. The van der Waals surface area contributed by atoms with Gasteiger partial charge in [0.2, 0.25) is 11.1 Å². The Morgan fingerprint density at radius 3 is 2.73 bits per heavy atom. The van der Waals surface area contributed by atoms with Crippen molar-refractivity contribution in [1.82, 2.24) is 20.2 Å². The fourth-order valence-electron chi connectivity index (χ4n) is 2.35. The van der Waals surface area contributed by atoms with Crippen LogP contribution in [-0.2, 0) is 4.79 Å². The fourth-order valence-corrected chi connectivity index (χ4v) is 3.15. The van der Waals surface area contributed by atoms with Crippen molar-refractivity contribution in [2.75, 3.05) is 12.4 Å². The molecule has 0 spiro atoms. The lowest BCUT2D eigenvalue weighted by Gasteiger charge is -2.13. The molecule has 1 atom stereocenters. The predicted octanol–water partition coefficient (Wildman–Crippen LogP) is 3.10. The number of rotatable bonds is 6. The van der Waals surface area contributed by atoms with E-state index in [1.54, 1.807) is 11.8 Å². The Balaban J connectivity index is 1.79. The number of amides is 1. The average Bonchev–Trinajstić information content (AvgIpc) is 3.10. The van der Waals surface area contributed by atoms with Crippen LogP contribution in [0.15, 0.2) is 53.7 Å². The van der Waals surface area contributed by atoms with Gasteiger partial charge >= 0.3 is 0 Å². The van der Waals surface area contributed by atoms with Crippen LogP contribution in [0.5, 0.6) is 5.75 Å². The molecule has 3 rings (SSSR count). The number of benzene rings is 2. The van der Waals surface area contributed by atoms with Crippen LogP contribution in [0.1, 0.15) is 12.5 Å². The smallest absolute Gasteiger partial charge is 0.237 e. The number of thioether (sulfide) groups is 1. The van der Waals surface area contributed by atoms with Crippen LogP contribution in [-0.4, -0.2) is 38.5 Å². The van der Waals surface area contributed by atoms with Crippen LogP contribution in [0.25, 0.3) is 5.69 Å². The van der Waals surface area contributed by atoms with Crippen molar-refractivity contribution in [3.05, 3.63) is 54.1 Å².